The number of nitrogens with zero attached hydrogens (tertiary/aromatic N) is 4. The van der Waals surface area contributed by atoms with Crippen molar-refractivity contribution >= 4 is 23.5 Å². The summed E-state index contributed by atoms with van der Waals surface area (Å²) in [5, 5.41) is 19.3. The highest BCUT2D eigenvalue weighted by molar-refractivity contribution is 5.97. The van der Waals surface area contributed by atoms with E-state index in [0.29, 0.717) is 30.9 Å². The number of carboxylic acid groups (broad SMARTS) is 1. The zero-order valence-electron chi connectivity index (χ0n) is 16.5. The molecule has 1 aliphatic rings. The molecule has 0 radical (unpaired) electrons. The van der Waals surface area contributed by atoms with Crippen molar-refractivity contribution in [1.29, 1.82) is 0 Å². The summed E-state index contributed by atoms with van der Waals surface area (Å²) in [6, 6.07) is 6.96. The van der Waals surface area contributed by atoms with Gasteiger partial charge in [-0.05, 0) is 37.0 Å². The van der Waals surface area contributed by atoms with Crippen molar-refractivity contribution in [1.82, 2.24) is 19.9 Å². The quantitative estimate of drug-likeness (QED) is 0.768. The summed E-state index contributed by atoms with van der Waals surface area (Å²) in [6.07, 6.45) is 3.20. The summed E-state index contributed by atoms with van der Waals surface area (Å²) >= 11 is 0. The van der Waals surface area contributed by atoms with E-state index in [1.807, 2.05) is 13.8 Å². The Morgan fingerprint density at radius 2 is 2.10 bits per heavy atom. The van der Waals surface area contributed by atoms with E-state index >= 15 is 0 Å². The van der Waals surface area contributed by atoms with Gasteiger partial charge in [0.15, 0.2) is 5.69 Å². The highest BCUT2D eigenvalue weighted by Crippen LogP contribution is 2.21. The standard InChI is InChI=1S/C20H25N5O4/c1-13(2)18(26)21-16-7-3-6-15(9-16)19(27)24-8-4-5-14(10-24)11-25-12-17(20(28)29)22-23-25/h3,6-7,9,12-14H,4-5,8,10-11H2,1-2H3,(H,21,26)(H,28,29)/t14-/m0/s1. The molecule has 1 saturated heterocycles. The molecule has 1 aromatic heterocycles. The van der Waals surface area contributed by atoms with Crippen LogP contribution in [-0.4, -0.2) is 55.9 Å². The number of piperidine rings is 1. The molecule has 3 rings (SSSR count). The smallest absolute Gasteiger partial charge is 0.358 e. The lowest BCUT2D eigenvalue weighted by molar-refractivity contribution is -0.118. The first-order valence-corrected chi connectivity index (χ1v) is 9.67. The number of amides is 2. The van der Waals surface area contributed by atoms with Crippen molar-refractivity contribution in [2.45, 2.75) is 33.2 Å². The molecule has 1 aromatic carbocycles. The van der Waals surface area contributed by atoms with E-state index in [-0.39, 0.29) is 29.3 Å². The maximum atomic E-state index is 13.0. The predicted molar refractivity (Wildman–Crippen MR) is 106 cm³/mol. The maximum absolute atomic E-state index is 13.0. The third-order valence-electron chi connectivity index (χ3n) is 4.91. The number of likely N-dealkylation sites (tertiary alicyclic amines) is 1. The summed E-state index contributed by atoms with van der Waals surface area (Å²) in [5.41, 5.74) is 1.04. The fourth-order valence-electron chi connectivity index (χ4n) is 3.35. The van der Waals surface area contributed by atoms with Crippen molar-refractivity contribution < 1.29 is 19.5 Å². The van der Waals surface area contributed by atoms with E-state index < -0.39 is 5.97 Å². The summed E-state index contributed by atoms with van der Waals surface area (Å²) in [5.74, 6) is -1.27. The minimum Gasteiger partial charge on any atom is -0.476 e. The monoisotopic (exact) mass is 399 g/mol. The van der Waals surface area contributed by atoms with Gasteiger partial charge in [-0.1, -0.05) is 25.1 Å². The van der Waals surface area contributed by atoms with Gasteiger partial charge >= 0.3 is 5.97 Å². The van der Waals surface area contributed by atoms with Gasteiger partial charge < -0.3 is 15.3 Å². The first-order chi connectivity index (χ1) is 13.8. The minimum absolute atomic E-state index is 0.0832. The molecular weight excluding hydrogens is 374 g/mol. The van der Waals surface area contributed by atoms with Gasteiger partial charge in [-0.2, -0.15) is 0 Å². The average molecular weight is 399 g/mol. The van der Waals surface area contributed by atoms with Crippen LogP contribution in [-0.2, 0) is 11.3 Å². The predicted octanol–water partition coefficient (Wildman–Crippen LogP) is 2.12. The van der Waals surface area contributed by atoms with Gasteiger partial charge in [0.05, 0.1) is 6.20 Å². The number of aromatic carboxylic acids is 1. The van der Waals surface area contributed by atoms with Gasteiger partial charge in [0.2, 0.25) is 5.91 Å². The molecule has 2 amide bonds. The first-order valence-electron chi connectivity index (χ1n) is 9.67. The number of hydrogen-bond donors (Lipinski definition) is 2. The van der Waals surface area contributed by atoms with Crippen LogP contribution in [0.4, 0.5) is 5.69 Å². The number of benzene rings is 1. The van der Waals surface area contributed by atoms with E-state index in [0.717, 1.165) is 12.8 Å². The molecule has 0 bridgehead atoms. The summed E-state index contributed by atoms with van der Waals surface area (Å²) in [4.78, 5) is 37.6. The lowest BCUT2D eigenvalue weighted by Gasteiger charge is -2.32. The molecule has 9 nitrogen and oxygen atoms in total. The number of rotatable bonds is 6. The van der Waals surface area contributed by atoms with Crippen molar-refractivity contribution in [2.24, 2.45) is 11.8 Å². The Bertz CT molecular complexity index is 908. The van der Waals surface area contributed by atoms with Crippen molar-refractivity contribution in [3.05, 3.63) is 41.7 Å². The molecular formula is C20H25N5O4. The Morgan fingerprint density at radius 1 is 1.31 bits per heavy atom. The summed E-state index contributed by atoms with van der Waals surface area (Å²) in [6.45, 7) is 5.35. The number of carbonyl (C=O) groups is 3. The molecule has 0 unspecified atom stereocenters. The Labute approximate surface area is 168 Å². The highest BCUT2D eigenvalue weighted by Gasteiger charge is 2.25. The van der Waals surface area contributed by atoms with Gasteiger partial charge in [0, 0.05) is 36.8 Å². The number of carboxylic acids is 1. The van der Waals surface area contributed by atoms with Crippen LogP contribution in [0.3, 0.4) is 0 Å². The van der Waals surface area contributed by atoms with Gasteiger partial charge in [0.25, 0.3) is 5.91 Å². The van der Waals surface area contributed by atoms with Gasteiger partial charge in [-0.15, -0.1) is 5.10 Å². The Morgan fingerprint density at radius 3 is 2.79 bits per heavy atom. The van der Waals surface area contributed by atoms with Crippen LogP contribution in [0.1, 0.15) is 47.5 Å². The fraction of sp³-hybridized carbons (Fsp3) is 0.450. The lowest BCUT2D eigenvalue weighted by Crippen LogP contribution is -2.41. The molecule has 29 heavy (non-hydrogen) atoms. The van der Waals surface area contributed by atoms with Crippen molar-refractivity contribution in [3.8, 4) is 0 Å². The van der Waals surface area contributed by atoms with E-state index in [2.05, 4.69) is 15.6 Å². The van der Waals surface area contributed by atoms with Crippen molar-refractivity contribution in [2.75, 3.05) is 18.4 Å². The second-order valence-electron chi connectivity index (χ2n) is 7.62. The second-order valence-corrected chi connectivity index (χ2v) is 7.62. The van der Waals surface area contributed by atoms with Crippen LogP contribution < -0.4 is 5.32 Å². The first kappa shape index (κ1) is 20.5. The Kier molecular flexibility index (Phi) is 6.26. The van der Waals surface area contributed by atoms with E-state index in [1.54, 1.807) is 29.2 Å². The number of aromatic nitrogens is 3. The van der Waals surface area contributed by atoms with Crippen LogP contribution >= 0.6 is 0 Å². The van der Waals surface area contributed by atoms with Gasteiger partial charge in [0.1, 0.15) is 0 Å². The van der Waals surface area contributed by atoms with Crippen LogP contribution in [0.15, 0.2) is 30.5 Å². The van der Waals surface area contributed by atoms with E-state index in [1.165, 1.54) is 10.9 Å². The SMILES string of the molecule is CC(C)C(=O)Nc1cccc(C(=O)N2CCC[C@H](Cn3cc(C(=O)O)nn3)C2)c1. The van der Waals surface area contributed by atoms with Crippen LogP contribution in [0.5, 0.6) is 0 Å². The Balaban J connectivity index is 1.64. The molecule has 0 spiro atoms. The van der Waals surface area contributed by atoms with Crippen LogP contribution in [0.25, 0.3) is 0 Å². The number of carbonyl (C=O) groups excluding carboxylic acids is 2. The normalized spacial score (nSPS) is 16.7. The average Bonchev–Trinajstić information content (AvgIpc) is 3.16. The molecule has 0 aliphatic carbocycles. The number of nitrogens with one attached hydrogen (secondary N) is 1. The Hall–Kier alpha value is -3.23. The molecule has 1 atom stereocenters. The van der Waals surface area contributed by atoms with Gasteiger partial charge in [-0.25, -0.2) is 4.79 Å². The number of anilines is 1. The summed E-state index contributed by atoms with van der Waals surface area (Å²) < 4.78 is 1.52. The molecule has 2 N–H and O–H groups in total. The molecule has 2 aromatic rings. The molecule has 9 heteroatoms. The molecule has 1 aliphatic heterocycles. The van der Waals surface area contributed by atoms with Crippen molar-refractivity contribution in [3.63, 3.8) is 0 Å². The third kappa shape index (κ3) is 5.18. The third-order valence-corrected chi connectivity index (χ3v) is 4.91. The van der Waals surface area contributed by atoms with Gasteiger partial charge in [-0.3, -0.25) is 14.3 Å². The summed E-state index contributed by atoms with van der Waals surface area (Å²) in [7, 11) is 0. The highest BCUT2D eigenvalue weighted by atomic mass is 16.4. The zero-order valence-corrected chi connectivity index (χ0v) is 16.5. The van der Waals surface area contributed by atoms with E-state index in [4.69, 9.17) is 5.11 Å². The largest absolute Gasteiger partial charge is 0.476 e. The second kappa shape index (κ2) is 8.85. The molecule has 154 valence electrons. The zero-order chi connectivity index (χ0) is 21.0. The fourth-order valence-corrected chi connectivity index (χ4v) is 3.35. The molecule has 1 fully saturated rings. The minimum atomic E-state index is -1.11. The van der Waals surface area contributed by atoms with E-state index in [9.17, 15) is 14.4 Å². The lowest BCUT2D eigenvalue weighted by atomic mass is 9.97. The molecule has 2 heterocycles. The topological polar surface area (TPSA) is 117 Å². The van der Waals surface area contributed by atoms with Crippen LogP contribution in [0.2, 0.25) is 0 Å². The molecule has 0 saturated carbocycles. The maximum Gasteiger partial charge on any atom is 0.358 e. The van der Waals surface area contributed by atoms with Crippen LogP contribution in [0, 0.1) is 11.8 Å². The number of hydrogen-bond acceptors (Lipinski definition) is 5.